The molecule has 0 unspecified atom stereocenters. The molecule has 2 aliphatic rings. The summed E-state index contributed by atoms with van der Waals surface area (Å²) < 4.78 is 5.34. The molecule has 2 aliphatic heterocycles. The average molecular weight is 214 g/mol. The van der Waals surface area contributed by atoms with E-state index in [-0.39, 0.29) is 18.1 Å². The van der Waals surface area contributed by atoms with Crippen molar-refractivity contribution < 1.29 is 14.6 Å². The Balaban J connectivity index is 1.94. The summed E-state index contributed by atoms with van der Waals surface area (Å²) in [6.07, 6.45) is 1.01. The first-order valence-electron chi connectivity index (χ1n) is 5.47. The molecule has 2 fully saturated rings. The van der Waals surface area contributed by atoms with Gasteiger partial charge in [-0.15, -0.1) is 0 Å². The second-order valence-electron chi connectivity index (χ2n) is 4.24. The summed E-state index contributed by atoms with van der Waals surface area (Å²) in [7, 11) is 1.74. The SMILES string of the molecule is CN(C(=O)[C@@H]1CCCO1)[C@@H]1CNC[C@H]1O. The molecule has 0 aromatic heterocycles. The lowest BCUT2D eigenvalue weighted by Crippen LogP contribution is -2.48. The second kappa shape index (κ2) is 4.47. The van der Waals surface area contributed by atoms with E-state index in [0.717, 1.165) is 12.8 Å². The molecule has 0 aliphatic carbocycles. The van der Waals surface area contributed by atoms with Gasteiger partial charge in [0.05, 0.1) is 12.1 Å². The molecular weight excluding hydrogens is 196 g/mol. The zero-order valence-electron chi connectivity index (χ0n) is 8.98. The zero-order valence-corrected chi connectivity index (χ0v) is 8.98. The van der Waals surface area contributed by atoms with Crippen LogP contribution in [-0.2, 0) is 9.53 Å². The van der Waals surface area contributed by atoms with E-state index in [1.54, 1.807) is 11.9 Å². The van der Waals surface area contributed by atoms with E-state index in [1.807, 2.05) is 0 Å². The van der Waals surface area contributed by atoms with Crippen molar-refractivity contribution >= 4 is 5.91 Å². The Labute approximate surface area is 89.4 Å². The largest absolute Gasteiger partial charge is 0.390 e. The lowest BCUT2D eigenvalue weighted by atomic mass is 10.1. The van der Waals surface area contributed by atoms with Gasteiger partial charge in [0, 0.05) is 26.7 Å². The molecule has 0 spiro atoms. The van der Waals surface area contributed by atoms with E-state index < -0.39 is 6.10 Å². The first-order valence-corrected chi connectivity index (χ1v) is 5.47. The van der Waals surface area contributed by atoms with Gasteiger partial charge in [-0.25, -0.2) is 0 Å². The molecular formula is C10H18N2O3. The van der Waals surface area contributed by atoms with Crippen molar-refractivity contribution in [3.05, 3.63) is 0 Å². The number of aliphatic hydroxyl groups excluding tert-OH is 1. The van der Waals surface area contributed by atoms with Gasteiger partial charge in [-0.1, -0.05) is 0 Å². The number of β-amino-alcohol motifs (C(OH)–C–C–N with tert-alkyl or cyclic N) is 1. The van der Waals surface area contributed by atoms with Crippen molar-refractivity contribution in [1.29, 1.82) is 0 Å². The monoisotopic (exact) mass is 214 g/mol. The van der Waals surface area contributed by atoms with Gasteiger partial charge in [0.15, 0.2) is 0 Å². The molecule has 0 saturated carbocycles. The van der Waals surface area contributed by atoms with Crippen LogP contribution in [0.25, 0.3) is 0 Å². The number of likely N-dealkylation sites (N-methyl/N-ethyl adjacent to an activating group) is 1. The Bertz CT molecular complexity index is 241. The van der Waals surface area contributed by atoms with Gasteiger partial charge >= 0.3 is 0 Å². The zero-order chi connectivity index (χ0) is 10.8. The summed E-state index contributed by atoms with van der Waals surface area (Å²) in [5.74, 6) is 0.000231. The van der Waals surface area contributed by atoms with Gasteiger partial charge in [-0.2, -0.15) is 0 Å². The maximum Gasteiger partial charge on any atom is 0.251 e. The lowest BCUT2D eigenvalue weighted by molar-refractivity contribution is -0.143. The van der Waals surface area contributed by atoms with Crippen LogP contribution in [0.3, 0.4) is 0 Å². The third-order valence-corrected chi connectivity index (χ3v) is 3.20. The van der Waals surface area contributed by atoms with Crippen molar-refractivity contribution in [2.75, 3.05) is 26.7 Å². The molecule has 1 amide bonds. The van der Waals surface area contributed by atoms with E-state index in [4.69, 9.17) is 4.74 Å². The summed E-state index contributed by atoms with van der Waals surface area (Å²) in [5.41, 5.74) is 0. The maximum absolute atomic E-state index is 11.9. The maximum atomic E-state index is 11.9. The fraction of sp³-hybridized carbons (Fsp3) is 0.900. The smallest absolute Gasteiger partial charge is 0.251 e. The van der Waals surface area contributed by atoms with Gasteiger partial charge in [0.2, 0.25) is 0 Å². The number of hydrogen-bond donors (Lipinski definition) is 2. The number of carbonyl (C=O) groups is 1. The molecule has 0 aromatic carbocycles. The predicted octanol–water partition coefficient (Wildman–Crippen LogP) is -1.04. The molecule has 2 rings (SSSR count). The second-order valence-corrected chi connectivity index (χ2v) is 4.24. The Morgan fingerprint density at radius 3 is 2.87 bits per heavy atom. The molecule has 2 heterocycles. The van der Waals surface area contributed by atoms with Crippen molar-refractivity contribution in [1.82, 2.24) is 10.2 Å². The third-order valence-electron chi connectivity index (χ3n) is 3.20. The lowest BCUT2D eigenvalue weighted by Gasteiger charge is -2.28. The minimum absolute atomic E-state index is 0.000231. The number of ether oxygens (including phenoxy) is 1. The van der Waals surface area contributed by atoms with E-state index in [9.17, 15) is 9.90 Å². The summed E-state index contributed by atoms with van der Waals surface area (Å²) in [4.78, 5) is 13.6. The van der Waals surface area contributed by atoms with Crippen molar-refractivity contribution in [2.45, 2.75) is 31.1 Å². The minimum Gasteiger partial charge on any atom is -0.390 e. The van der Waals surface area contributed by atoms with Crippen molar-refractivity contribution in [3.63, 3.8) is 0 Å². The van der Waals surface area contributed by atoms with E-state index in [0.29, 0.717) is 19.7 Å². The molecule has 15 heavy (non-hydrogen) atoms. The highest BCUT2D eigenvalue weighted by molar-refractivity contribution is 5.81. The van der Waals surface area contributed by atoms with Crippen LogP contribution >= 0.6 is 0 Å². The van der Waals surface area contributed by atoms with E-state index in [2.05, 4.69) is 5.32 Å². The van der Waals surface area contributed by atoms with Crippen LogP contribution in [0.2, 0.25) is 0 Å². The Morgan fingerprint density at radius 2 is 2.33 bits per heavy atom. The van der Waals surface area contributed by atoms with Gasteiger partial charge < -0.3 is 20.1 Å². The predicted molar refractivity (Wildman–Crippen MR) is 54.4 cm³/mol. The van der Waals surface area contributed by atoms with Gasteiger partial charge in [0.25, 0.3) is 5.91 Å². The van der Waals surface area contributed by atoms with Gasteiger partial charge in [-0.3, -0.25) is 4.79 Å². The van der Waals surface area contributed by atoms with Crippen LogP contribution in [0.1, 0.15) is 12.8 Å². The standard InChI is InChI=1S/C10H18N2O3/c1-12(7-5-11-6-8(7)13)10(14)9-3-2-4-15-9/h7-9,11,13H,2-6H2,1H3/t7-,8-,9+/m1/s1. The molecule has 0 radical (unpaired) electrons. The summed E-state index contributed by atoms with van der Waals surface area (Å²) in [5, 5.41) is 12.7. The van der Waals surface area contributed by atoms with Gasteiger partial charge in [0.1, 0.15) is 6.10 Å². The topological polar surface area (TPSA) is 61.8 Å². The Morgan fingerprint density at radius 1 is 1.53 bits per heavy atom. The van der Waals surface area contributed by atoms with Crippen LogP contribution in [0.4, 0.5) is 0 Å². The van der Waals surface area contributed by atoms with Gasteiger partial charge in [-0.05, 0) is 12.8 Å². The third kappa shape index (κ3) is 2.14. The van der Waals surface area contributed by atoms with E-state index >= 15 is 0 Å². The molecule has 0 aromatic rings. The van der Waals surface area contributed by atoms with Crippen molar-refractivity contribution in [3.8, 4) is 0 Å². The van der Waals surface area contributed by atoms with Crippen LogP contribution < -0.4 is 5.32 Å². The molecule has 2 saturated heterocycles. The Hall–Kier alpha value is -0.650. The van der Waals surface area contributed by atoms with E-state index in [1.165, 1.54) is 0 Å². The normalized spacial score (nSPS) is 35.7. The quantitative estimate of drug-likeness (QED) is 0.616. The van der Waals surface area contributed by atoms with Crippen LogP contribution in [-0.4, -0.2) is 60.9 Å². The summed E-state index contributed by atoms with van der Waals surface area (Å²) >= 11 is 0. The number of amides is 1. The first-order chi connectivity index (χ1) is 7.20. The first kappa shape index (κ1) is 10.9. The number of aliphatic hydroxyl groups is 1. The Kier molecular flexibility index (Phi) is 3.23. The number of nitrogens with zero attached hydrogens (tertiary/aromatic N) is 1. The number of carbonyl (C=O) groups excluding carboxylic acids is 1. The van der Waals surface area contributed by atoms with Crippen LogP contribution in [0, 0.1) is 0 Å². The number of nitrogens with one attached hydrogen (secondary N) is 1. The fourth-order valence-electron chi connectivity index (χ4n) is 2.21. The average Bonchev–Trinajstić information content (AvgIpc) is 2.85. The van der Waals surface area contributed by atoms with Crippen LogP contribution in [0.15, 0.2) is 0 Å². The number of hydrogen-bond acceptors (Lipinski definition) is 4. The molecule has 2 N–H and O–H groups in total. The van der Waals surface area contributed by atoms with Crippen LogP contribution in [0.5, 0.6) is 0 Å². The minimum atomic E-state index is -0.458. The summed E-state index contributed by atoms with van der Waals surface area (Å²) in [6, 6.07) is -0.110. The number of rotatable bonds is 2. The molecule has 5 nitrogen and oxygen atoms in total. The highest BCUT2D eigenvalue weighted by atomic mass is 16.5. The highest BCUT2D eigenvalue weighted by Gasteiger charge is 2.35. The molecule has 3 atom stereocenters. The van der Waals surface area contributed by atoms with Crippen molar-refractivity contribution in [2.24, 2.45) is 0 Å². The molecule has 0 bridgehead atoms. The highest BCUT2D eigenvalue weighted by Crippen LogP contribution is 2.17. The molecule has 5 heteroatoms. The fourth-order valence-corrected chi connectivity index (χ4v) is 2.21. The summed E-state index contributed by atoms with van der Waals surface area (Å²) in [6.45, 7) is 1.90. The molecule has 86 valence electrons.